The molecule has 0 radical (unpaired) electrons. The molecule has 0 bridgehead atoms. The van der Waals surface area contributed by atoms with Crippen LogP contribution in [0.25, 0.3) is 0 Å². The predicted octanol–water partition coefficient (Wildman–Crippen LogP) is 2.54. The number of rotatable bonds is 5. The first-order valence-corrected chi connectivity index (χ1v) is 8.39. The van der Waals surface area contributed by atoms with Crippen LogP contribution in [0.2, 0.25) is 0 Å². The molecule has 3 rings (SSSR count). The molecule has 3 nitrogen and oxygen atoms in total. The molecule has 1 aromatic carbocycles. The maximum atomic E-state index is 13.1. The Bertz CT molecular complexity index is 501. The number of hydrogen-bond acceptors (Lipinski definition) is 3. The highest BCUT2D eigenvalue weighted by Gasteiger charge is 2.59. The van der Waals surface area contributed by atoms with Crippen LogP contribution in [0.5, 0.6) is 0 Å². The highest BCUT2D eigenvalue weighted by atomic mass is 32.2. The van der Waals surface area contributed by atoms with E-state index >= 15 is 0 Å². The molecule has 1 spiro atoms. The van der Waals surface area contributed by atoms with Gasteiger partial charge in [-0.1, -0.05) is 12.1 Å². The Hall–Kier alpha value is -1.07. The van der Waals surface area contributed by atoms with E-state index in [1.165, 1.54) is 12.1 Å². The van der Waals surface area contributed by atoms with Crippen molar-refractivity contribution >= 4 is 17.7 Å². The molecule has 2 fully saturated rings. The van der Waals surface area contributed by atoms with Crippen molar-refractivity contribution in [3.05, 3.63) is 35.6 Å². The second-order valence-corrected chi connectivity index (χ2v) is 6.51. The topological polar surface area (TPSA) is 32.3 Å². The normalized spacial score (nSPS) is 23.6. The van der Waals surface area contributed by atoms with Crippen molar-refractivity contribution in [1.29, 1.82) is 0 Å². The van der Waals surface area contributed by atoms with Crippen LogP contribution < -0.4 is 5.32 Å². The average Bonchev–Trinajstić information content (AvgIpc) is 3.18. The first kappa shape index (κ1) is 13.9. The molecule has 1 heterocycles. The van der Waals surface area contributed by atoms with Gasteiger partial charge in [0.1, 0.15) is 17.5 Å². The van der Waals surface area contributed by atoms with Crippen LogP contribution in [0.4, 0.5) is 4.39 Å². The van der Waals surface area contributed by atoms with Gasteiger partial charge in [0.2, 0.25) is 5.91 Å². The third-order valence-corrected chi connectivity index (χ3v) is 4.78. The summed E-state index contributed by atoms with van der Waals surface area (Å²) in [7, 11) is 0. The summed E-state index contributed by atoms with van der Waals surface area (Å²) in [4.78, 5) is 14.4. The van der Waals surface area contributed by atoms with Crippen molar-refractivity contribution < 1.29 is 9.18 Å². The van der Waals surface area contributed by atoms with E-state index in [4.69, 9.17) is 0 Å². The van der Waals surface area contributed by atoms with Gasteiger partial charge in [-0.3, -0.25) is 10.1 Å². The molecule has 1 aliphatic carbocycles. The predicted molar refractivity (Wildman–Crippen MR) is 79.0 cm³/mol. The van der Waals surface area contributed by atoms with Gasteiger partial charge in [-0.25, -0.2) is 4.39 Å². The highest BCUT2D eigenvalue weighted by molar-refractivity contribution is 7.98. The number of amides is 1. The Kier molecular flexibility index (Phi) is 3.73. The number of carbonyl (C=O) groups is 1. The van der Waals surface area contributed by atoms with E-state index in [0.717, 1.165) is 37.1 Å². The molecule has 20 heavy (non-hydrogen) atoms. The zero-order valence-electron chi connectivity index (χ0n) is 11.6. The van der Waals surface area contributed by atoms with Crippen molar-refractivity contribution in [2.24, 2.45) is 0 Å². The lowest BCUT2D eigenvalue weighted by molar-refractivity contribution is -0.130. The van der Waals surface area contributed by atoms with Gasteiger partial charge in [0.15, 0.2) is 0 Å². The molecular weight excluding hydrogens is 275 g/mol. The molecule has 0 aromatic heterocycles. The van der Waals surface area contributed by atoms with E-state index < -0.39 is 0 Å². The van der Waals surface area contributed by atoms with Gasteiger partial charge in [-0.15, -0.1) is 0 Å². The Morgan fingerprint density at radius 2 is 2.10 bits per heavy atom. The average molecular weight is 294 g/mol. The van der Waals surface area contributed by atoms with Crippen LogP contribution in [0.15, 0.2) is 24.3 Å². The summed E-state index contributed by atoms with van der Waals surface area (Å²) in [6.07, 6.45) is 4.80. The van der Waals surface area contributed by atoms with E-state index in [1.807, 2.05) is 4.90 Å². The number of nitrogens with one attached hydrogen (secondary N) is 1. The summed E-state index contributed by atoms with van der Waals surface area (Å²) >= 11 is 1.79. The molecule has 108 valence electrons. The lowest BCUT2D eigenvalue weighted by atomic mass is 10.1. The lowest BCUT2D eigenvalue weighted by Crippen LogP contribution is -2.33. The van der Waals surface area contributed by atoms with E-state index in [9.17, 15) is 9.18 Å². The van der Waals surface area contributed by atoms with Crippen molar-refractivity contribution in [1.82, 2.24) is 10.2 Å². The number of halogens is 1. The van der Waals surface area contributed by atoms with Crippen molar-refractivity contribution in [3.8, 4) is 0 Å². The molecular formula is C15H19FN2OS. The molecule has 1 unspecified atom stereocenters. The van der Waals surface area contributed by atoms with Gasteiger partial charge in [-0.05, 0) is 49.0 Å². The molecule has 1 aliphatic heterocycles. The summed E-state index contributed by atoms with van der Waals surface area (Å²) in [6, 6.07) is 6.45. The quantitative estimate of drug-likeness (QED) is 0.847. The second kappa shape index (κ2) is 5.37. The number of benzene rings is 1. The number of nitrogens with zero attached hydrogens (tertiary/aromatic N) is 1. The second-order valence-electron chi connectivity index (χ2n) is 5.53. The third-order valence-electron chi connectivity index (χ3n) is 4.08. The third kappa shape index (κ3) is 2.44. The summed E-state index contributed by atoms with van der Waals surface area (Å²) in [5, 5.41) is 3.45. The minimum Gasteiger partial charge on any atom is -0.321 e. The van der Waals surface area contributed by atoms with Crippen LogP contribution >= 0.6 is 11.8 Å². The van der Waals surface area contributed by atoms with Gasteiger partial charge < -0.3 is 4.90 Å². The minimum absolute atomic E-state index is 0.104. The number of thioether (sulfide) groups is 1. The Morgan fingerprint density at radius 1 is 1.40 bits per heavy atom. The maximum Gasteiger partial charge on any atom is 0.244 e. The van der Waals surface area contributed by atoms with E-state index in [0.29, 0.717) is 0 Å². The van der Waals surface area contributed by atoms with Crippen LogP contribution in [-0.4, -0.2) is 34.9 Å². The van der Waals surface area contributed by atoms with E-state index in [1.54, 1.807) is 23.9 Å². The summed E-state index contributed by atoms with van der Waals surface area (Å²) in [6.45, 7) is 0.760. The van der Waals surface area contributed by atoms with Crippen LogP contribution in [0.1, 0.15) is 31.0 Å². The highest BCUT2D eigenvalue weighted by Crippen LogP contribution is 2.45. The number of carbonyl (C=O) groups excluding carboxylic acids is 1. The molecule has 5 heteroatoms. The molecule has 1 amide bonds. The summed E-state index contributed by atoms with van der Waals surface area (Å²) < 4.78 is 13.1. The van der Waals surface area contributed by atoms with E-state index in [2.05, 4.69) is 11.6 Å². The maximum absolute atomic E-state index is 13.1. The van der Waals surface area contributed by atoms with Crippen LogP contribution in [0, 0.1) is 5.82 Å². The largest absolute Gasteiger partial charge is 0.321 e. The molecule has 1 atom stereocenters. The molecule has 1 aromatic rings. The Labute approximate surface area is 122 Å². The lowest BCUT2D eigenvalue weighted by Gasteiger charge is -2.24. The van der Waals surface area contributed by atoms with Crippen molar-refractivity contribution in [2.45, 2.75) is 31.0 Å². The zero-order chi connectivity index (χ0) is 14.2. The van der Waals surface area contributed by atoms with Crippen molar-refractivity contribution in [3.63, 3.8) is 0 Å². The van der Waals surface area contributed by atoms with Crippen molar-refractivity contribution in [2.75, 3.05) is 18.6 Å². The summed E-state index contributed by atoms with van der Waals surface area (Å²) in [5.41, 5.74) is 0.644. The molecule has 1 N–H and O–H groups in total. The smallest absolute Gasteiger partial charge is 0.244 e. The fraction of sp³-hybridized carbons (Fsp3) is 0.533. The Morgan fingerprint density at radius 3 is 2.70 bits per heavy atom. The van der Waals surface area contributed by atoms with Crippen LogP contribution in [-0.2, 0) is 4.79 Å². The zero-order valence-corrected chi connectivity index (χ0v) is 12.4. The van der Waals surface area contributed by atoms with E-state index in [-0.39, 0.29) is 23.4 Å². The van der Waals surface area contributed by atoms with Crippen LogP contribution in [0.3, 0.4) is 0 Å². The van der Waals surface area contributed by atoms with Gasteiger partial charge in [-0.2, -0.15) is 11.8 Å². The van der Waals surface area contributed by atoms with Gasteiger partial charge in [0, 0.05) is 6.54 Å². The first-order valence-electron chi connectivity index (χ1n) is 6.99. The van der Waals surface area contributed by atoms with Gasteiger partial charge in [0.05, 0.1) is 0 Å². The van der Waals surface area contributed by atoms with Gasteiger partial charge in [0.25, 0.3) is 0 Å². The summed E-state index contributed by atoms with van der Waals surface area (Å²) in [5.74, 6) is 1.02. The fourth-order valence-electron chi connectivity index (χ4n) is 2.79. The molecule has 1 saturated carbocycles. The standard InChI is InChI=1S/C15H19FN2OS/c1-20-10-2-9-18-13(11-3-5-12(16)6-4-11)17-15(7-8-15)14(18)19/h3-6,13,17H,2,7-10H2,1H3. The molecule has 1 saturated heterocycles. The fourth-order valence-corrected chi connectivity index (χ4v) is 3.21. The molecule has 2 aliphatic rings. The SMILES string of the molecule is CSCCCN1C(=O)C2(CC2)NC1c1ccc(F)cc1. The monoisotopic (exact) mass is 294 g/mol. The minimum atomic E-state index is -0.321. The van der Waals surface area contributed by atoms with Gasteiger partial charge >= 0.3 is 0 Å². The first-order chi connectivity index (χ1) is 9.66. The number of hydrogen-bond donors (Lipinski definition) is 1. The Balaban J connectivity index is 1.79.